The van der Waals surface area contributed by atoms with Gasteiger partial charge in [0.05, 0.1) is 17.6 Å². The van der Waals surface area contributed by atoms with Gasteiger partial charge < -0.3 is 19.8 Å². The first-order valence-electron chi connectivity index (χ1n) is 9.61. The van der Waals surface area contributed by atoms with E-state index >= 15 is 0 Å². The van der Waals surface area contributed by atoms with Crippen molar-refractivity contribution in [3.8, 4) is 11.5 Å². The van der Waals surface area contributed by atoms with Crippen molar-refractivity contribution in [3.63, 3.8) is 0 Å². The van der Waals surface area contributed by atoms with Gasteiger partial charge in [0, 0.05) is 34.2 Å². The van der Waals surface area contributed by atoms with E-state index in [1.54, 1.807) is 43.5 Å². The maximum Gasteiger partial charge on any atom is 0.319 e. The van der Waals surface area contributed by atoms with E-state index in [-0.39, 0.29) is 17.2 Å². The van der Waals surface area contributed by atoms with Crippen molar-refractivity contribution >= 4 is 40.7 Å². The van der Waals surface area contributed by atoms with Crippen LogP contribution in [0.4, 0.5) is 5.69 Å². The molecular weight excluding hydrogens is 436 g/mol. The van der Waals surface area contributed by atoms with E-state index in [1.807, 2.05) is 12.1 Å². The number of carbonyl (C=O) groups excluding carboxylic acids is 2. The highest BCUT2D eigenvalue weighted by molar-refractivity contribution is 7.99. The Morgan fingerprint density at radius 2 is 2.00 bits per heavy atom. The molecule has 0 spiro atoms. The molecule has 5 rings (SSSR count). The van der Waals surface area contributed by atoms with Crippen molar-refractivity contribution in [1.82, 2.24) is 4.98 Å². The molecule has 9 heteroatoms. The zero-order chi connectivity index (χ0) is 21.6. The molecule has 2 aliphatic rings. The lowest BCUT2D eigenvalue weighted by molar-refractivity contribution is -0.149. The minimum atomic E-state index is -1.10. The number of methoxy groups -OCH3 is 1. The average molecular weight is 455 g/mol. The summed E-state index contributed by atoms with van der Waals surface area (Å²) in [5.41, 5.74) is 0.322. The molecule has 0 aliphatic carbocycles. The van der Waals surface area contributed by atoms with Gasteiger partial charge in [-0.05, 0) is 30.3 Å². The summed E-state index contributed by atoms with van der Waals surface area (Å²) < 4.78 is 10.8. The number of carbonyl (C=O) groups is 2. The molecule has 31 heavy (non-hydrogen) atoms. The third-order valence-electron chi connectivity index (χ3n) is 5.62. The number of hydrogen-bond acceptors (Lipinski definition) is 7. The van der Waals surface area contributed by atoms with Crippen LogP contribution in [0.2, 0.25) is 0 Å². The van der Waals surface area contributed by atoms with Crippen LogP contribution in [-0.2, 0) is 9.59 Å². The molecule has 3 heterocycles. The fourth-order valence-corrected chi connectivity index (χ4v) is 6.73. The monoisotopic (exact) mass is 454 g/mol. The Morgan fingerprint density at radius 3 is 2.77 bits per heavy atom. The number of thioether (sulfide) groups is 1. The topological polar surface area (TPSA) is 97.5 Å². The van der Waals surface area contributed by atoms with E-state index in [0.29, 0.717) is 22.9 Å². The Labute approximate surface area is 185 Å². The number of H-pyrrole nitrogens is 1. The Bertz CT molecular complexity index is 1230. The first-order chi connectivity index (χ1) is 15.0. The highest BCUT2D eigenvalue weighted by Gasteiger charge is 2.57. The van der Waals surface area contributed by atoms with E-state index in [2.05, 4.69) is 10.3 Å². The zero-order valence-corrected chi connectivity index (χ0v) is 18.1. The molecule has 0 saturated carbocycles. The molecule has 2 atom stereocenters. The standard InChI is InChI=1S/C22H18N2O5S2/c1-28-13-8-6-12(7-9-13)23-16(25)10-22-11-30-19-18(31-21(27)24-19)17(22)14-4-2-3-5-15(14)29-20(22)26/h2-9,17H,10-11H2,1H3,(H,23,25)(H,24,27)/t17-,22+/m0/s1. The average Bonchev–Trinajstić information content (AvgIpc) is 3.14. The second kappa shape index (κ2) is 7.58. The minimum absolute atomic E-state index is 0.0601. The molecule has 0 unspecified atom stereocenters. The third-order valence-corrected chi connectivity index (χ3v) is 7.97. The number of fused-ring (bicyclic) bond motifs is 5. The Balaban J connectivity index is 1.53. The molecule has 1 aromatic heterocycles. The third kappa shape index (κ3) is 3.34. The van der Waals surface area contributed by atoms with Crippen molar-refractivity contribution in [2.75, 3.05) is 18.2 Å². The summed E-state index contributed by atoms with van der Waals surface area (Å²) in [7, 11) is 1.57. The number of anilines is 1. The number of benzene rings is 2. The van der Waals surface area contributed by atoms with Crippen LogP contribution in [0.25, 0.3) is 0 Å². The maximum absolute atomic E-state index is 13.3. The largest absolute Gasteiger partial charge is 0.497 e. The molecule has 0 radical (unpaired) electrons. The molecule has 0 saturated heterocycles. The summed E-state index contributed by atoms with van der Waals surface area (Å²) in [5.74, 6) is 0.330. The quantitative estimate of drug-likeness (QED) is 0.462. The second-order valence-corrected chi connectivity index (χ2v) is 9.47. The van der Waals surface area contributed by atoms with E-state index in [0.717, 1.165) is 26.8 Å². The first-order valence-corrected chi connectivity index (χ1v) is 11.4. The van der Waals surface area contributed by atoms with Gasteiger partial charge in [0.1, 0.15) is 11.5 Å². The lowest BCUT2D eigenvalue weighted by atomic mass is 9.68. The molecular formula is C22H18N2O5S2. The smallest absolute Gasteiger partial charge is 0.319 e. The predicted molar refractivity (Wildman–Crippen MR) is 118 cm³/mol. The lowest BCUT2D eigenvalue weighted by Gasteiger charge is -2.44. The normalized spacial score (nSPS) is 21.3. The molecule has 7 nitrogen and oxygen atoms in total. The summed E-state index contributed by atoms with van der Waals surface area (Å²) >= 11 is 2.47. The van der Waals surface area contributed by atoms with Crippen molar-refractivity contribution < 1.29 is 19.1 Å². The van der Waals surface area contributed by atoms with Gasteiger partial charge in [-0.1, -0.05) is 29.5 Å². The van der Waals surface area contributed by atoms with Crippen LogP contribution in [-0.4, -0.2) is 29.7 Å². The van der Waals surface area contributed by atoms with E-state index in [9.17, 15) is 14.4 Å². The van der Waals surface area contributed by atoms with Crippen molar-refractivity contribution in [1.29, 1.82) is 0 Å². The SMILES string of the molecule is COc1ccc(NC(=O)C[C@@]23CSc4[nH]c(=O)sc4[C@@H]2c2ccccc2OC3=O)cc1. The van der Waals surface area contributed by atoms with Gasteiger partial charge >= 0.3 is 10.8 Å². The zero-order valence-electron chi connectivity index (χ0n) is 16.5. The fourth-order valence-electron chi connectivity index (χ4n) is 4.18. The van der Waals surface area contributed by atoms with Crippen LogP contribution < -0.4 is 19.7 Å². The van der Waals surface area contributed by atoms with Crippen LogP contribution in [0.15, 0.2) is 58.4 Å². The van der Waals surface area contributed by atoms with Gasteiger partial charge in [-0.15, -0.1) is 11.8 Å². The summed E-state index contributed by atoms with van der Waals surface area (Å²) in [6.07, 6.45) is -0.0601. The number of aromatic nitrogens is 1. The summed E-state index contributed by atoms with van der Waals surface area (Å²) in [5, 5.41) is 3.62. The van der Waals surface area contributed by atoms with Gasteiger partial charge in [-0.2, -0.15) is 0 Å². The molecule has 0 fully saturated rings. The molecule has 2 N–H and O–H groups in total. The van der Waals surface area contributed by atoms with Crippen molar-refractivity contribution in [2.45, 2.75) is 17.4 Å². The Kier molecular flexibility index (Phi) is 4.86. The van der Waals surface area contributed by atoms with Crippen LogP contribution in [0.5, 0.6) is 11.5 Å². The van der Waals surface area contributed by atoms with Crippen LogP contribution in [0, 0.1) is 5.41 Å². The number of amides is 1. The number of aromatic amines is 1. The summed E-state index contributed by atoms with van der Waals surface area (Å²) in [4.78, 5) is 41.9. The molecule has 3 aromatic rings. The number of para-hydroxylation sites is 1. The highest BCUT2D eigenvalue weighted by Crippen LogP contribution is 2.58. The van der Waals surface area contributed by atoms with Crippen molar-refractivity contribution in [2.24, 2.45) is 5.41 Å². The number of rotatable bonds is 4. The molecule has 0 bridgehead atoms. The number of ether oxygens (including phenoxy) is 2. The number of hydrogen-bond donors (Lipinski definition) is 2. The van der Waals surface area contributed by atoms with E-state index < -0.39 is 17.3 Å². The highest BCUT2D eigenvalue weighted by atomic mass is 32.2. The Hall–Kier alpha value is -3.04. The van der Waals surface area contributed by atoms with Crippen LogP contribution in [0.3, 0.4) is 0 Å². The maximum atomic E-state index is 13.3. The van der Waals surface area contributed by atoms with Crippen LogP contribution in [0.1, 0.15) is 22.8 Å². The lowest BCUT2D eigenvalue weighted by Crippen LogP contribution is -2.49. The predicted octanol–water partition coefficient (Wildman–Crippen LogP) is 3.62. The number of esters is 1. The van der Waals surface area contributed by atoms with Gasteiger partial charge in [-0.25, -0.2) is 0 Å². The van der Waals surface area contributed by atoms with Gasteiger partial charge in [-0.3, -0.25) is 14.4 Å². The van der Waals surface area contributed by atoms with Crippen LogP contribution >= 0.6 is 23.1 Å². The number of thiazole rings is 1. The summed E-state index contributed by atoms with van der Waals surface area (Å²) in [6.45, 7) is 0. The van der Waals surface area contributed by atoms with Crippen molar-refractivity contribution in [3.05, 3.63) is 68.6 Å². The minimum Gasteiger partial charge on any atom is -0.497 e. The van der Waals surface area contributed by atoms with E-state index in [1.165, 1.54) is 11.8 Å². The summed E-state index contributed by atoms with van der Waals surface area (Å²) in [6, 6.07) is 14.3. The molecule has 2 aromatic carbocycles. The Morgan fingerprint density at radius 1 is 1.23 bits per heavy atom. The first kappa shape index (κ1) is 19.9. The van der Waals surface area contributed by atoms with Gasteiger partial charge in [0.15, 0.2) is 0 Å². The van der Waals surface area contributed by atoms with E-state index in [4.69, 9.17) is 9.47 Å². The molecule has 1 amide bonds. The van der Waals surface area contributed by atoms with Gasteiger partial charge in [0.25, 0.3) is 0 Å². The number of nitrogens with one attached hydrogen (secondary N) is 2. The molecule has 158 valence electrons. The van der Waals surface area contributed by atoms with Gasteiger partial charge in [0.2, 0.25) is 5.91 Å². The molecule has 2 aliphatic heterocycles. The fraction of sp³-hybridized carbons (Fsp3) is 0.227. The second-order valence-electron chi connectivity index (χ2n) is 7.47.